The summed E-state index contributed by atoms with van der Waals surface area (Å²) in [6.45, 7) is 7.10. The Kier molecular flexibility index (Phi) is 7.08. The Morgan fingerprint density at radius 2 is 2.00 bits per heavy atom. The predicted octanol–water partition coefficient (Wildman–Crippen LogP) is 4.13. The summed E-state index contributed by atoms with van der Waals surface area (Å²) in [5, 5.41) is 1.18. The Hall–Kier alpha value is -0.350. The summed E-state index contributed by atoms with van der Waals surface area (Å²) in [4.78, 5) is 2.89. The highest BCUT2D eigenvalue weighted by Crippen LogP contribution is 2.23. The van der Waals surface area contributed by atoms with Crippen LogP contribution in [0.3, 0.4) is 0 Å². The number of hydrogen-bond acceptors (Lipinski definition) is 2. The van der Waals surface area contributed by atoms with Crippen molar-refractivity contribution in [3.63, 3.8) is 0 Å². The van der Waals surface area contributed by atoms with E-state index in [1.807, 2.05) is 18.2 Å². The molecular weight excluding hydrogens is 299 g/mol. The molecule has 0 heterocycles. The van der Waals surface area contributed by atoms with Crippen molar-refractivity contribution in [3.05, 3.63) is 33.8 Å². The van der Waals surface area contributed by atoms with Gasteiger partial charge in [0.05, 0.1) is 15.0 Å². The molecule has 0 aliphatic carbocycles. The lowest BCUT2D eigenvalue weighted by Crippen LogP contribution is -2.30. The highest BCUT2D eigenvalue weighted by atomic mass is 35.5. The standard InChI is InChI=1S/C14H20Cl2N2S/c1-10(2)8-18(6-5-14(17)19)9-11-3-4-12(15)13(16)7-11/h3-4,7,10H,5-6,8-9H2,1-2H3,(H2,17,19). The van der Waals surface area contributed by atoms with Gasteiger partial charge in [0, 0.05) is 26.1 Å². The van der Waals surface area contributed by atoms with Crippen LogP contribution in [0.2, 0.25) is 10.0 Å². The zero-order valence-electron chi connectivity index (χ0n) is 11.3. The Morgan fingerprint density at radius 1 is 1.32 bits per heavy atom. The largest absolute Gasteiger partial charge is 0.393 e. The summed E-state index contributed by atoms with van der Waals surface area (Å²) in [6.07, 6.45) is 0.739. The van der Waals surface area contributed by atoms with E-state index in [2.05, 4.69) is 18.7 Å². The average molecular weight is 319 g/mol. The molecule has 0 radical (unpaired) electrons. The molecule has 0 unspecified atom stereocenters. The van der Waals surface area contributed by atoms with Gasteiger partial charge in [0.15, 0.2) is 0 Å². The molecule has 1 aromatic rings. The summed E-state index contributed by atoms with van der Waals surface area (Å²) < 4.78 is 0. The fraction of sp³-hybridized carbons (Fsp3) is 0.500. The number of rotatable bonds is 7. The Balaban J connectivity index is 2.69. The van der Waals surface area contributed by atoms with Crippen LogP contribution in [0.25, 0.3) is 0 Å². The molecule has 0 aliphatic rings. The molecule has 106 valence electrons. The van der Waals surface area contributed by atoms with E-state index in [-0.39, 0.29) is 0 Å². The molecule has 19 heavy (non-hydrogen) atoms. The minimum atomic E-state index is 0.558. The lowest BCUT2D eigenvalue weighted by molar-refractivity contribution is 0.243. The van der Waals surface area contributed by atoms with Crippen molar-refractivity contribution < 1.29 is 0 Å². The van der Waals surface area contributed by atoms with E-state index in [4.69, 9.17) is 41.2 Å². The lowest BCUT2D eigenvalue weighted by atomic mass is 10.1. The quantitative estimate of drug-likeness (QED) is 0.766. The maximum Gasteiger partial charge on any atom is 0.0740 e. The first-order valence-electron chi connectivity index (χ1n) is 6.33. The molecule has 0 saturated carbocycles. The minimum absolute atomic E-state index is 0.558. The van der Waals surface area contributed by atoms with E-state index in [0.29, 0.717) is 21.0 Å². The van der Waals surface area contributed by atoms with Gasteiger partial charge < -0.3 is 5.73 Å². The zero-order valence-corrected chi connectivity index (χ0v) is 13.7. The summed E-state index contributed by atoms with van der Waals surface area (Å²) >= 11 is 16.9. The van der Waals surface area contributed by atoms with Crippen LogP contribution in [-0.2, 0) is 6.54 Å². The average Bonchev–Trinajstić information content (AvgIpc) is 2.30. The predicted molar refractivity (Wildman–Crippen MR) is 88.0 cm³/mol. The molecule has 2 N–H and O–H groups in total. The van der Waals surface area contributed by atoms with Crippen molar-refractivity contribution in [2.75, 3.05) is 13.1 Å². The summed E-state index contributed by atoms with van der Waals surface area (Å²) in [7, 11) is 0. The van der Waals surface area contributed by atoms with Crippen molar-refractivity contribution >= 4 is 40.4 Å². The first-order valence-corrected chi connectivity index (χ1v) is 7.49. The van der Waals surface area contributed by atoms with Crippen LogP contribution in [0, 0.1) is 5.92 Å². The first-order chi connectivity index (χ1) is 8.88. The Bertz CT molecular complexity index is 435. The third-order valence-electron chi connectivity index (χ3n) is 2.69. The fourth-order valence-corrected chi connectivity index (χ4v) is 2.33. The Morgan fingerprint density at radius 3 is 2.53 bits per heavy atom. The molecule has 2 nitrogen and oxygen atoms in total. The fourth-order valence-electron chi connectivity index (χ4n) is 1.92. The molecule has 0 amide bonds. The van der Waals surface area contributed by atoms with Crippen LogP contribution < -0.4 is 5.73 Å². The number of hydrogen-bond donors (Lipinski definition) is 1. The maximum absolute atomic E-state index is 6.04. The molecule has 1 aromatic carbocycles. The molecule has 0 aliphatic heterocycles. The molecule has 0 bridgehead atoms. The van der Waals surface area contributed by atoms with Crippen LogP contribution in [0.15, 0.2) is 18.2 Å². The highest BCUT2D eigenvalue weighted by molar-refractivity contribution is 7.80. The molecule has 0 spiro atoms. The maximum atomic E-state index is 6.04. The van der Waals surface area contributed by atoms with Crippen LogP contribution in [0.1, 0.15) is 25.8 Å². The number of benzene rings is 1. The van der Waals surface area contributed by atoms with Crippen molar-refractivity contribution in [2.45, 2.75) is 26.8 Å². The monoisotopic (exact) mass is 318 g/mol. The topological polar surface area (TPSA) is 29.3 Å². The SMILES string of the molecule is CC(C)CN(CCC(N)=S)Cc1ccc(Cl)c(Cl)c1. The number of halogens is 2. The van der Waals surface area contributed by atoms with E-state index >= 15 is 0 Å². The van der Waals surface area contributed by atoms with Gasteiger partial charge in [-0.25, -0.2) is 0 Å². The van der Waals surface area contributed by atoms with Crippen LogP contribution in [0.5, 0.6) is 0 Å². The second-order valence-corrected chi connectivity index (χ2v) is 6.43. The van der Waals surface area contributed by atoms with Crippen molar-refractivity contribution in [2.24, 2.45) is 11.7 Å². The molecule has 5 heteroatoms. The van der Waals surface area contributed by atoms with Gasteiger partial charge in [0.25, 0.3) is 0 Å². The molecule has 0 saturated heterocycles. The highest BCUT2D eigenvalue weighted by Gasteiger charge is 2.10. The van der Waals surface area contributed by atoms with Gasteiger partial charge in [0.1, 0.15) is 0 Å². The van der Waals surface area contributed by atoms with E-state index in [0.717, 1.165) is 31.6 Å². The molecule has 0 atom stereocenters. The summed E-state index contributed by atoms with van der Waals surface area (Å²) in [5.74, 6) is 0.592. The van der Waals surface area contributed by atoms with Crippen molar-refractivity contribution in [1.29, 1.82) is 0 Å². The molecule has 0 aromatic heterocycles. The summed E-state index contributed by atoms with van der Waals surface area (Å²) in [5.41, 5.74) is 6.73. The lowest BCUT2D eigenvalue weighted by Gasteiger charge is -2.24. The Labute approximate surface area is 130 Å². The van der Waals surface area contributed by atoms with E-state index in [1.54, 1.807) is 0 Å². The van der Waals surface area contributed by atoms with Gasteiger partial charge in [-0.3, -0.25) is 4.90 Å². The number of nitrogens with two attached hydrogens (primary N) is 1. The van der Waals surface area contributed by atoms with Gasteiger partial charge in [-0.15, -0.1) is 0 Å². The number of thiocarbonyl (C=S) groups is 1. The van der Waals surface area contributed by atoms with Gasteiger partial charge in [-0.05, 0) is 23.6 Å². The van der Waals surface area contributed by atoms with Gasteiger partial charge in [0.2, 0.25) is 0 Å². The normalized spacial score (nSPS) is 11.3. The molecular formula is C14H20Cl2N2S. The second kappa shape index (κ2) is 8.05. The minimum Gasteiger partial charge on any atom is -0.393 e. The van der Waals surface area contributed by atoms with Gasteiger partial charge in [-0.2, -0.15) is 0 Å². The van der Waals surface area contributed by atoms with E-state index < -0.39 is 0 Å². The molecule has 0 fully saturated rings. The van der Waals surface area contributed by atoms with E-state index in [1.165, 1.54) is 0 Å². The molecule has 1 rings (SSSR count). The zero-order chi connectivity index (χ0) is 14.4. The van der Waals surface area contributed by atoms with Crippen molar-refractivity contribution in [3.8, 4) is 0 Å². The van der Waals surface area contributed by atoms with Gasteiger partial charge in [-0.1, -0.05) is 55.3 Å². The second-order valence-electron chi connectivity index (χ2n) is 5.09. The smallest absolute Gasteiger partial charge is 0.0740 e. The van der Waals surface area contributed by atoms with Crippen molar-refractivity contribution in [1.82, 2.24) is 4.90 Å². The third kappa shape index (κ3) is 6.57. The van der Waals surface area contributed by atoms with Crippen LogP contribution >= 0.6 is 35.4 Å². The number of nitrogens with zero attached hydrogens (tertiary/aromatic N) is 1. The van der Waals surface area contributed by atoms with Gasteiger partial charge >= 0.3 is 0 Å². The van der Waals surface area contributed by atoms with E-state index in [9.17, 15) is 0 Å². The van der Waals surface area contributed by atoms with Crippen LogP contribution in [-0.4, -0.2) is 23.0 Å². The van der Waals surface area contributed by atoms with Crippen LogP contribution in [0.4, 0.5) is 0 Å². The third-order valence-corrected chi connectivity index (χ3v) is 3.63. The first kappa shape index (κ1) is 16.7. The summed E-state index contributed by atoms with van der Waals surface area (Å²) in [6, 6.07) is 5.75.